The first-order valence-corrected chi connectivity index (χ1v) is 25.4. The van der Waals surface area contributed by atoms with Gasteiger partial charge < -0.3 is 20.3 Å². The molecule has 3 N–H and O–H groups in total. The fourth-order valence-corrected chi connectivity index (χ4v) is 7.96. The number of nitrogens with one attached hydrogen (secondary N) is 1. The lowest BCUT2D eigenvalue weighted by molar-refractivity contribution is -0.151. The molecule has 0 aliphatic heterocycles. The lowest BCUT2D eigenvalue weighted by Crippen LogP contribution is -2.46. The van der Waals surface area contributed by atoms with Gasteiger partial charge in [-0.25, -0.2) is 0 Å². The van der Waals surface area contributed by atoms with Gasteiger partial charge in [0.15, 0.2) is 0 Å². The fourth-order valence-electron chi connectivity index (χ4n) is 7.96. The highest BCUT2D eigenvalue weighted by Crippen LogP contribution is 2.18. The van der Waals surface area contributed by atoms with Crippen LogP contribution >= 0.6 is 0 Å². The minimum absolute atomic E-state index is 0.0731. The molecule has 3 unspecified atom stereocenters. The number of allylic oxidation sites excluding steroid dienone is 2. The summed E-state index contributed by atoms with van der Waals surface area (Å²) in [6.07, 6.45) is 50.0. The van der Waals surface area contributed by atoms with Crippen molar-refractivity contribution in [3.63, 3.8) is 0 Å². The van der Waals surface area contributed by atoms with Gasteiger partial charge in [0.05, 0.1) is 25.2 Å². The highest BCUT2D eigenvalue weighted by Gasteiger charge is 2.24. The van der Waals surface area contributed by atoms with Gasteiger partial charge in [0.1, 0.15) is 6.10 Å². The van der Waals surface area contributed by atoms with Crippen LogP contribution in [0.15, 0.2) is 12.2 Å². The van der Waals surface area contributed by atoms with Crippen molar-refractivity contribution in [1.29, 1.82) is 0 Å². The van der Waals surface area contributed by atoms with Gasteiger partial charge in [0.25, 0.3) is 0 Å². The van der Waals surface area contributed by atoms with E-state index in [4.69, 9.17) is 4.74 Å². The Morgan fingerprint density at radius 3 is 1.28 bits per heavy atom. The van der Waals surface area contributed by atoms with Crippen LogP contribution in [0.25, 0.3) is 0 Å². The molecule has 57 heavy (non-hydrogen) atoms. The summed E-state index contributed by atoms with van der Waals surface area (Å²) in [4.78, 5) is 26.0. The van der Waals surface area contributed by atoms with E-state index >= 15 is 0 Å². The van der Waals surface area contributed by atoms with Crippen molar-refractivity contribution in [2.24, 2.45) is 0 Å². The van der Waals surface area contributed by atoms with Gasteiger partial charge in [0.2, 0.25) is 5.91 Å². The van der Waals surface area contributed by atoms with Gasteiger partial charge in [-0.1, -0.05) is 226 Å². The second-order valence-corrected chi connectivity index (χ2v) is 17.6. The zero-order valence-electron chi connectivity index (χ0n) is 38.5. The van der Waals surface area contributed by atoms with E-state index in [1.54, 1.807) is 0 Å². The van der Waals surface area contributed by atoms with E-state index in [0.717, 1.165) is 64.2 Å². The van der Waals surface area contributed by atoms with Crippen LogP contribution in [0.4, 0.5) is 0 Å². The Morgan fingerprint density at radius 1 is 0.491 bits per heavy atom. The van der Waals surface area contributed by atoms with Crippen LogP contribution in [-0.4, -0.2) is 46.9 Å². The molecule has 1 amide bonds. The van der Waals surface area contributed by atoms with Gasteiger partial charge in [-0.15, -0.1) is 0 Å². The molecule has 0 aromatic carbocycles. The van der Waals surface area contributed by atoms with Crippen LogP contribution in [0.3, 0.4) is 0 Å². The molecule has 3 atom stereocenters. The molecule has 338 valence electrons. The third-order valence-corrected chi connectivity index (χ3v) is 11.8. The van der Waals surface area contributed by atoms with Crippen molar-refractivity contribution in [2.75, 3.05) is 6.61 Å². The number of aliphatic hydroxyl groups is 2. The van der Waals surface area contributed by atoms with Gasteiger partial charge in [0, 0.05) is 6.42 Å². The summed E-state index contributed by atoms with van der Waals surface area (Å²) >= 11 is 0. The van der Waals surface area contributed by atoms with Crippen LogP contribution in [0.5, 0.6) is 0 Å². The minimum atomic E-state index is -0.784. The molecule has 0 saturated carbocycles. The first kappa shape index (κ1) is 55.6. The highest BCUT2D eigenvalue weighted by atomic mass is 16.5. The molecule has 0 saturated heterocycles. The first-order valence-electron chi connectivity index (χ1n) is 25.4. The normalized spacial score (nSPS) is 13.3. The molecule has 0 aliphatic rings. The summed E-state index contributed by atoms with van der Waals surface area (Å²) < 4.78 is 5.91. The number of carbonyl (C=O) groups is 2. The summed E-state index contributed by atoms with van der Waals surface area (Å²) in [6.45, 7) is 6.46. The lowest BCUT2D eigenvalue weighted by atomic mass is 10.0. The van der Waals surface area contributed by atoms with Crippen LogP contribution in [-0.2, 0) is 14.3 Å². The third-order valence-electron chi connectivity index (χ3n) is 11.8. The van der Waals surface area contributed by atoms with E-state index in [1.807, 2.05) is 0 Å². The number of aliphatic hydroxyl groups excluding tert-OH is 2. The minimum Gasteiger partial charge on any atom is -0.462 e. The Morgan fingerprint density at radius 2 is 0.842 bits per heavy atom. The highest BCUT2D eigenvalue weighted by molar-refractivity contribution is 5.77. The van der Waals surface area contributed by atoms with E-state index in [1.165, 1.54) is 167 Å². The van der Waals surface area contributed by atoms with Gasteiger partial charge in [-0.3, -0.25) is 9.59 Å². The molecule has 0 aromatic rings. The van der Waals surface area contributed by atoms with Gasteiger partial charge in [-0.05, 0) is 51.4 Å². The maximum absolute atomic E-state index is 13.1. The van der Waals surface area contributed by atoms with Crippen LogP contribution in [0.1, 0.15) is 278 Å². The number of ether oxygens (including phenoxy) is 1. The van der Waals surface area contributed by atoms with Gasteiger partial charge in [-0.2, -0.15) is 0 Å². The van der Waals surface area contributed by atoms with E-state index in [2.05, 4.69) is 38.2 Å². The van der Waals surface area contributed by atoms with E-state index < -0.39 is 18.2 Å². The van der Waals surface area contributed by atoms with Gasteiger partial charge >= 0.3 is 5.97 Å². The zero-order valence-corrected chi connectivity index (χ0v) is 38.5. The number of carbonyl (C=O) groups excluding carboxylic acids is 2. The van der Waals surface area contributed by atoms with E-state index in [0.29, 0.717) is 19.3 Å². The second-order valence-electron chi connectivity index (χ2n) is 17.6. The standard InChI is InChI=1S/C51H99NO5/c1-4-7-10-13-16-19-22-23-24-25-26-27-28-29-32-35-38-41-44-51(56)57-47(42-39-36-33-30-20-17-14-11-8-5-2)45-50(55)52-48(46-53)49(54)43-40-37-34-31-21-18-15-12-9-6-3/h17,20,47-49,53-54H,4-16,18-19,21-46H2,1-3H3,(H,52,55)/b20-17-. The SMILES string of the molecule is CCCCC/C=C\CCCCCC(CC(=O)NC(CO)C(O)CCCCCCCCCCCC)OC(=O)CCCCCCCCCCCCCCCCCCCC. The molecule has 0 radical (unpaired) electrons. The average molecular weight is 806 g/mol. The van der Waals surface area contributed by atoms with Crippen molar-refractivity contribution in [3.8, 4) is 0 Å². The van der Waals surface area contributed by atoms with Crippen molar-refractivity contribution >= 4 is 11.9 Å². The molecule has 0 bridgehead atoms. The molecular formula is C51H99NO5. The fraction of sp³-hybridized carbons (Fsp3) is 0.922. The monoisotopic (exact) mass is 806 g/mol. The summed E-state index contributed by atoms with van der Waals surface area (Å²) in [5, 5.41) is 23.6. The summed E-state index contributed by atoms with van der Waals surface area (Å²) in [5.74, 6) is -0.476. The maximum atomic E-state index is 13.1. The Bertz CT molecular complexity index is 863. The Balaban J connectivity index is 4.43. The lowest BCUT2D eigenvalue weighted by Gasteiger charge is -2.24. The van der Waals surface area contributed by atoms with Crippen LogP contribution in [0.2, 0.25) is 0 Å². The molecule has 6 nitrogen and oxygen atoms in total. The summed E-state index contributed by atoms with van der Waals surface area (Å²) in [6, 6.07) is -0.698. The summed E-state index contributed by atoms with van der Waals surface area (Å²) in [5.41, 5.74) is 0. The molecule has 0 fully saturated rings. The maximum Gasteiger partial charge on any atom is 0.306 e. The zero-order chi connectivity index (χ0) is 41.7. The topological polar surface area (TPSA) is 95.9 Å². The predicted octanol–water partition coefficient (Wildman–Crippen LogP) is 15.0. The number of esters is 1. The molecule has 0 rings (SSSR count). The third kappa shape index (κ3) is 41.1. The predicted molar refractivity (Wildman–Crippen MR) is 246 cm³/mol. The van der Waals surface area contributed by atoms with Crippen molar-refractivity contribution in [2.45, 2.75) is 296 Å². The van der Waals surface area contributed by atoms with E-state index in [-0.39, 0.29) is 24.9 Å². The van der Waals surface area contributed by atoms with Crippen molar-refractivity contribution in [3.05, 3.63) is 12.2 Å². The summed E-state index contributed by atoms with van der Waals surface area (Å²) in [7, 11) is 0. The Kier molecular flexibility index (Phi) is 44.6. The quantitative estimate of drug-likeness (QED) is 0.0323. The molecule has 0 heterocycles. The number of amides is 1. The largest absolute Gasteiger partial charge is 0.462 e. The van der Waals surface area contributed by atoms with Crippen molar-refractivity contribution < 1.29 is 24.5 Å². The molecule has 0 spiro atoms. The smallest absolute Gasteiger partial charge is 0.306 e. The molecule has 6 heteroatoms. The molecule has 0 aromatic heterocycles. The van der Waals surface area contributed by atoms with E-state index in [9.17, 15) is 19.8 Å². The molecular weight excluding hydrogens is 707 g/mol. The van der Waals surface area contributed by atoms with Crippen LogP contribution < -0.4 is 5.32 Å². The number of hydrogen-bond acceptors (Lipinski definition) is 5. The van der Waals surface area contributed by atoms with Crippen molar-refractivity contribution in [1.82, 2.24) is 5.32 Å². The Labute approximate surface area is 355 Å². The molecule has 0 aliphatic carbocycles. The Hall–Kier alpha value is -1.40. The van der Waals surface area contributed by atoms with Crippen LogP contribution in [0, 0.1) is 0 Å². The average Bonchev–Trinajstić information content (AvgIpc) is 3.20. The first-order chi connectivity index (χ1) is 28.0. The number of hydrogen-bond donors (Lipinski definition) is 3. The number of rotatable bonds is 46. The second kappa shape index (κ2) is 45.7. The number of unbranched alkanes of at least 4 members (excludes halogenated alkanes) is 32.